The number of rotatable bonds is 3. The molecule has 3 heterocycles. The number of amides is 1. The number of hydrogen-bond acceptors (Lipinski definition) is 4. The van der Waals surface area contributed by atoms with Crippen LogP contribution in [0, 0.1) is 6.92 Å². The summed E-state index contributed by atoms with van der Waals surface area (Å²) in [5, 5.41) is 0. The molecule has 0 radical (unpaired) electrons. The number of nitrogens with zero attached hydrogens (tertiary/aromatic N) is 3. The van der Waals surface area contributed by atoms with Gasteiger partial charge in [-0.2, -0.15) is 0 Å². The highest BCUT2D eigenvalue weighted by Gasteiger charge is 2.32. The number of carbonyl (C=O) groups is 1. The molecule has 26 heavy (non-hydrogen) atoms. The predicted octanol–water partition coefficient (Wildman–Crippen LogP) is 3.20. The van der Waals surface area contributed by atoms with Crippen molar-refractivity contribution < 1.29 is 9.53 Å². The summed E-state index contributed by atoms with van der Waals surface area (Å²) in [7, 11) is 0. The molecule has 5 heteroatoms. The fraction of sp³-hybridized carbons (Fsp3) is 0.429. The Balaban J connectivity index is 1.57. The van der Waals surface area contributed by atoms with E-state index in [9.17, 15) is 4.79 Å². The lowest BCUT2D eigenvalue weighted by molar-refractivity contribution is 0.0735. The molecule has 1 atom stereocenters. The standard InChI is InChI=1S/C21H25N3O2/c1-16-18(9-10-20(22-16)23-12-14-26-15-13-23)19-8-5-11-24(19)21(25)17-6-3-2-4-7-17/h2-4,6-7,9-10,19H,5,8,11-15H2,1H3/t19-/m1/s1. The van der Waals surface area contributed by atoms with E-state index in [4.69, 9.17) is 9.72 Å². The fourth-order valence-electron chi connectivity index (χ4n) is 3.96. The molecule has 2 aliphatic rings. The van der Waals surface area contributed by atoms with E-state index in [1.807, 2.05) is 35.2 Å². The van der Waals surface area contributed by atoms with Crippen molar-refractivity contribution in [1.29, 1.82) is 0 Å². The molecule has 4 rings (SSSR count). The van der Waals surface area contributed by atoms with Gasteiger partial charge in [-0.15, -0.1) is 0 Å². The summed E-state index contributed by atoms with van der Waals surface area (Å²) in [5.74, 6) is 1.12. The van der Waals surface area contributed by atoms with Crippen molar-refractivity contribution in [1.82, 2.24) is 9.88 Å². The number of hydrogen-bond donors (Lipinski definition) is 0. The Labute approximate surface area is 154 Å². The Bertz CT molecular complexity index is 772. The average Bonchev–Trinajstić information content (AvgIpc) is 3.18. The van der Waals surface area contributed by atoms with Gasteiger partial charge < -0.3 is 14.5 Å². The molecular weight excluding hydrogens is 326 g/mol. The molecule has 0 spiro atoms. The molecule has 0 aliphatic carbocycles. The zero-order valence-electron chi connectivity index (χ0n) is 15.2. The third-order valence-electron chi connectivity index (χ3n) is 5.34. The molecular formula is C21H25N3O2. The van der Waals surface area contributed by atoms with Crippen molar-refractivity contribution >= 4 is 11.7 Å². The highest BCUT2D eigenvalue weighted by molar-refractivity contribution is 5.94. The van der Waals surface area contributed by atoms with Crippen LogP contribution < -0.4 is 4.90 Å². The van der Waals surface area contributed by atoms with Crippen LogP contribution in [0.15, 0.2) is 42.5 Å². The summed E-state index contributed by atoms with van der Waals surface area (Å²) < 4.78 is 5.43. The van der Waals surface area contributed by atoms with Crippen molar-refractivity contribution in [3.8, 4) is 0 Å². The molecule has 2 aromatic rings. The molecule has 2 fully saturated rings. The van der Waals surface area contributed by atoms with Gasteiger partial charge in [0.2, 0.25) is 0 Å². The minimum absolute atomic E-state index is 0.116. The topological polar surface area (TPSA) is 45.7 Å². The quantitative estimate of drug-likeness (QED) is 0.852. The van der Waals surface area contributed by atoms with E-state index in [1.165, 1.54) is 5.56 Å². The van der Waals surface area contributed by atoms with E-state index in [0.29, 0.717) is 0 Å². The highest BCUT2D eigenvalue weighted by Crippen LogP contribution is 2.35. The van der Waals surface area contributed by atoms with Crippen LogP contribution in [0.1, 0.15) is 40.5 Å². The van der Waals surface area contributed by atoms with Crippen molar-refractivity contribution in [3.05, 3.63) is 59.3 Å². The smallest absolute Gasteiger partial charge is 0.254 e. The first-order valence-corrected chi connectivity index (χ1v) is 9.40. The van der Waals surface area contributed by atoms with Gasteiger partial charge in [-0.05, 0) is 43.5 Å². The molecule has 5 nitrogen and oxygen atoms in total. The minimum Gasteiger partial charge on any atom is -0.378 e. The van der Waals surface area contributed by atoms with E-state index in [1.54, 1.807) is 0 Å². The lowest BCUT2D eigenvalue weighted by atomic mass is 10.0. The lowest BCUT2D eigenvalue weighted by Crippen LogP contribution is -2.37. The first-order valence-electron chi connectivity index (χ1n) is 9.40. The maximum atomic E-state index is 12.9. The third-order valence-corrected chi connectivity index (χ3v) is 5.34. The number of pyridine rings is 1. The van der Waals surface area contributed by atoms with E-state index < -0.39 is 0 Å². The van der Waals surface area contributed by atoms with E-state index in [-0.39, 0.29) is 11.9 Å². The molecule has 0 unspecified atom stereocenters. The second-order valence-electron chi connectivity index (χ2n) is 6.97. The van der Waals surface area contributed by atoms with E-state index in [0.717, 1.165) is 62.8 Å². The Morgan fingerprint density at radius 1 is 1.08 bits per heavy atom. The van der Waals surface area contributed by atoms with Crippen LogP contribution in [0.2, 0.25) is 0 Å². The zero-order valence-corrected chi connectivity index (χ0v) is 15.2. The molecule has 0 saturated carbocycles. The fourth-order valence-corrected chi connectivity index (χ4v) is 3.96. The van der Waals surface area contributed by atoms with Crippen LogP contribution in [-0.2, 0) is 4.74 Å². The minimum atomic E-state index is 0.116. The Morgan fingerprint density at radius 2 is 1.85 bits per heavy atom. The Kier molecular flexibility index (Phi) is 4.89. The first-order chi connectivity index (χ1) is 12.7. The number of ether oxygens (including phenoxy) is 1. The molecule has 0 bridgehead atoms. The molecule has 1 aromatic carbocycles. The maximum absolute atomic E-state index is 12.9. The van der Waals surface area contributed by atoms with Crippen LogP contribution in [-0.4, -0.2) is 48.6 Å². The van der Waals surface area contributed by atoms with Crippen LogP contribution in [0.4, 0.5) is 5.82 Å². The maximum Gasteiger partial charge on any atom is 0.254 e. The second kappa shape index (κ2) is 7.46. The largest absolute Gasteiger partial charge is 0.378 e. The van der Waals surface area contributed by atoms with Gasteiger partial charge in [0.1, 0.15) is 5.82 Å². The molecule has 0 N–H and O–H groups in total. The van der Waals surface area contributed by atoms with Gasteiger partial charge in [-0.25, -0.2) is 4.98 Å². The van der Waals surface area contributed by atoms with Gasteiger partial charge in [0.25, 0.3) is 5.91 Å². The number of aromatic nitrogens is 1. The van der Waals surface area contributed by atoms with Crippen molar-refractivity contribution in [2.75, 3.05) is 37.7 Å². The van der Waals surface area contributed by atoms with Gasteiger partial charge in [-0.1, -0.05) is 24.3 Å². The molecule has 2 aliphatic heterocycles. The van der Waals surface area contributed by atoms with Crippen molar-refractivity contribution in [2.24, 2.45) is 0 Å². The summed E-state index contributed by atoms with van der Waals surface area (Å²) in [6.45, 7) is 6.14. The summed E-state index contributed by atoms with van der Waals surface area (Å²) in [6.07, 6.45) is 2.03. The Morgan fingerprint density at radius 3 is 2.58 bits per heavy atom. The number of aryl methyl sites for hydroxylation is 1. The number of anilines is 1. The summed E-state index contributed by atoms with van der Waals surface area (Å²) in [6, 6.07) is 13.9. The summed E-state index contributed by atoms with van der Waals surface area (Å²) in [5.41, 5.74) is 2.95. The SMILES string of the molecule is Cc1nc(N2CCOCC2)ccc1[C@H]1CCCN1C(=O)c1ccccc1. The van der Waals surface area contributed by atoms with E-state index in [2.05, 4.69) is 24.0 Å². The monoisotopic (exact) mass is 351 g/mol. The van der Waals surface area contributed by atoms with Gasteiger partial charge in [-0.3, -0.25) is 4.79 Å². The first kappa shape index (κ1) is 17.0. The van der Waals surface area contributed by atoms with Gasteiger partial charge >= 0.3 is 0 Å². The number of morpholine rings is 1. The van der Waals surface area contributed by atoms with Crippen molar-refractivity contribution in [3.63, 3.8) is 0 Å². The van der Waals surface area contributed by atoms with Crippen LogP contribution in [0.25, 0.3) is 0 Å². The zero-order chi connectivity index (χ0) is 17.9. The van der Waals surface area contributed by atoms with Crippen molar-refractivity contribution in [2.45, 2.75) is 25.8 Å². The van der Waals surface area contributed by atoms with Crippen LogP contribution in [0.3, 0.4) is 0 Å². The van der Waals surface area contributed by atoms with Gasteiger partial charge in [0, 0.05) is 30.9 Å². The summed E-state index contributed by atoms with van der Waals surface area (Å²) in [4.78, 5) is 22.1. The number of likely N-dealkylation sites (tertiary alicyclic amines) is 1. The predicted molar refractivity (Wildman–Crippen MR) is 101 cm³/mol. The third kappa shape index (κ3) is 3.31. The summed E-state index contributed by atoms with van der Waals surface area (Å²) >= 11 is 0. The molecule has 1 amide bonds. The van der Waals surface area contributed by atoms with E-state index >= 15 is 0 Å². The van der Waals surface area contributed by atoms with Gasteiger partial charge in [0.15, 0.2) is 0 Å². The average molecular weight is 351 g/mol. The Hall–Kier alpha value is -2.40. The van der Waals surface area contributed by atoms with Crippen LogP contribution in [0.5, 0.6) is 0 Å². The molecule has 1 aromatic heterocycles. The number of carbonyl (C=O) groups excluding carboxylic acids is 1. The normalized spacial score (nSPS) is 20.4. The van der Waals surface area contributed by atoms with Gasteiger partial charge in [0.05, 0.1) is 19.3 Å². The highest BCUT2D eigenvalue weighted by atomic mass is 16.5. The number of benzene rings is 1. The van der Waals surface area contributed by atoms with Crippen LogP contribution >= 0.6 is 0 Å². The molecule has 2 saturated heterocycles. The molecule has 136 valence electrons. The second-order valence-corrected chi connectivity index (χ2v) is 6.97. The lowest BCUT2D eigenvalue weighted by Gasteiger charge is -2.30.